The lowest BCUT2D eigenvalue weighted by Gasteiger charge is -2.23. The van der Waals surface area contributed by atoms with Gasteiger partial charge in [0.05, 0.1) is 33.0 Å². The first kappa shape index (κ1) is 18.5. The molecular formula is C20H25NO5. The normalized spacial score (nSPS) is 18.3. The topological polar surface area (TPSA) is 58.9 Å². The van der Waals surface area contributed by atoms with E-state index in [1.807, 2.05) is 44.2 Å². The molecule has 6 heteroatoms. The Kier molecular flexibility index (Phi) is 5.96. The lowest BCUT2D eigenvalue weighted by molar-refractivity contribution is -0.101. The van der Waals surface area contributed by atoms with Crippen LogP contribution in [0.2, 0.25) is 0 Å². The van der Waals surface area contributed by atoms with Crippen LogP contribution in [0, 0.1) is 6.92 Å². The number of nitrogens with zero attached hydrogens (tertiary/aromatic N) is 1. The zero-order chi connectivity index (χ0) is 18.5. The Labute approximate surface area is 153 Å². The summed E-state index contributed by atoms with van der Waals surface area (Å²) < 4.78 is 23.6. The summed E-state index contributed by atoms with van der Waals surface area (Å²) in [7, 11) is 1.64. The largest absolute Gasteiger partial charge is 0.497 e. The molecule has 1 unspecified atom stereocenters. The van der Waals surface area contributed by atoms with Crippen molar-refractivity contribution in [2.24, 2.45) is 0 Å². The number of pyridine rings is 1. The third-order valence-electron chi connectivity index (χ3n) is 4.54. The number of rotatable bonds is 6. The number of benzene rings is 1. The highest BCUT2D eigenvalue weighted by Crippen LogP contribution is 2.22. The second-order valence-corrected chi connectivity index (χ2v) is 6.37. The van der Waals surface area contributed by atoms with E-state index >= 15 is 0 Å². The fourth-order valence-corrected chi connectivity index (χ4v) is 3.12. The Balaban J connectivity index is 1.74. The molecule has 6 nitrogen and oxygen atoms in total. The molecule has 0 amide bonds. The van der Waals surface area contributed by atoms with Gasteiger partial charge >= 0.3 is 0 Å². The zero-order valence-corrected chi connectivity index (χ0v) is 15.4. The fraction of sp³-hybridized carbons (Fsp3) is 0.450. The van der Waals surface area contributed by atoms with Crippen molar-refractivity contribution >= 4 is 0 Å². The smallest absolute Gasteiger partial charge is 0.254 e. The van der Waals surface area contributed by atoms with Crippen molar-refractivity contribution in [1.29, 1.82) is 0 Å². The van der Waals surface area contributed by atoms with Crippen molar-refractivity contribution in [2.45, 2.75) is 26.0 Å². The average Bonchev–Trinajstić information content (AvgIpc) is 2.66. The van der Waals surface area contributed by atoms with E-state index < -0.39 is 0 Å². The number of aromatic nitrogens is 1. The van der Waals surface area contributed by atoms with E-state index in [2.05, 4.69) is 0 Å². The van der Waals surface area contributed by atoms with Gasteiger partial charge in [-0.2, -0.15) is 0 Å². The Hall–Kier alpha value is -2.31. The molecule has 0 spiro atoms. The minimum Gasteiger partial charge on any atom is -0.497 e. The summed E-state index contributed by atoms with van der Waals surface area (Å²) in [6.07, 6.45) is -0.0929. The quantitative estimate of drug-likeness (QED) is 0.793. The zero-order valence-electron chi connectivity index (χ0n) is 15.4. The summed E-state index contributed by atoms with van der Waals surface area (Å²) in [6.45, 7) is 6.00. The first-order chi connectivity index (χ1) is 12.6. The molecule has 2 heterocycles. The van der Waals surface area contributed by atoms with Crippen LogP contribution in [0.4, 0.5) is 0 Å². The van der Waals surface area contributed by atoms with E-state index in [9.17, 15) is 4.79 Å². The molecule has 0 aliphatic carbocycles. The molecule has 0 saturated carbocycles. The summed E-state index contributed by atoms with van der Waals surface area (Å²) in [4.78, 5) is 12.7. The van der Waals surface area contributed by atoms with E-state index in [4.69, 9.17) is 18.9 Å². The molecule has 1 aromatic heterocycles. The summed E-state index contributed by atoms with van der Waals surface area (Å²) in [5.74, 6) is 1.35. The molecule has 3 rings (SSSR count). The Morgan fingerprint density at radius 3 is 2.58 bits per heavy atom. The summed E-state index contributed by atoms with van der Waals surface area (Å²) in [5.41, 5.74) is 1.79. The van der Waals surface area contributed by atoms with Gasteiger partial charge in [-0.3, -0.25) is 4.79 Å². The molecule has 2 aromatic rings. The lowest BCUT2D eigenvalue weighted by Crippen LogP contribution is -2.33. The standard InChI is InChI=1S/C20H25NO5/c1-14-10-18(26-13-19-12-24-8-9-25-19)11-20(22)21(14)15(2)16-4-6-17(23-3)7-5-16/h4-7,10-11,15,19H,8-9,12-13H2,1-3H3/t15-,19?/m1/s1. The lowest BCUT2D eigenvalue weighted by atomic mass is 10.1. The van der Waals surface area contributed by atoms with Crippen LogP contribution in [-0.2, 0) is 9.47 Å². The van der Waals surface area contributed by atoms with E-state index in [1.54, 1.807) is 11.7 Å². The van der Waals surface area contributed by atoms with Gasteiger partial charge in [0, 0.05) is 11.8 Å². The van der Waals surface area contributed by atoms with Gasteiger partial charge in [0.1, 0.15) is 24.2 Å². The Morgan fingerprint density at radius 2 is 1.96 bits per heavy atom. The first-order valence-corrected chi connectivity index (χ1v) is 8.78. The van der Waals surface area contributed by atoms with E-state index in [0.717, 1.165) is 17.0 Å². The number of methoxy groups -OCH3 is 1. The summed E-state index contributed by atoms with van der Waals surface area (Å²) in [6, 6.07) is 11.1. The third kappa shape index (κ3) is 4.26. The summed E-state index contributed by atoms with van der Waals surface area (Å²) >= 11 is 0. The molecule has 140 valence electrons. The van der Waals surface area contributed by atoms with Gasteiger partial charge in [-0.15, -0.1) is 0 Å². The van der Waals surface area contributed by atoms with Crippen LogP contribution < -0.4 is 15.0 Å². The van der Waals surface area contributed by atoms with Crippen molar-refractivity contribution in [3.63, 3.8) is 0 Å². The van der Waals surface area contributed by atoms with Crippen LogP contribution >= 0.6 is 0 Å². The highest BCUT2D eigenvalue weighted by atomic mass is 16.6. The van der Waals surface area contributed by atoms with E-state index in [-0.39, 0.29) is 17.7 Å². The van der Waals surface area contributed by atoms with Crippen LogP contribution in [0.5, 0.6) is 11.5 Å². The maximum Gasteiger partial charge on any atom is 0.254 e. The second kappa shape index (κ2) is 8.38. The molecule has 0 N–H and O–H groups in total. The number of hydrogen-bond acceptors (Lipinski definition) is 5. The van der Waals surface area contributed by atoms with Gasteiger partial charge in [-0.1, -0.05) is 12.1 Å². The van der Waals surface area contributed by atoms with Crippen molar-refractivity contribution < 1.29 is 18.9 Å². The predicted molar refractivity (Wildman–Crippen MR) is 98.3 cm³/mol. The van der Waals surface area contributed by atoms with Crippen LogP contribution in [0.3, 0.4) is 0 Å². The van der Waals surface area contributed by atoms with Gasteiger partial charge < -0.3 is 23.5 Å². The predicted octanol–water partition coefficient (Wildman–Crippen LogP) is 2.57. The second-order valence-electron chi connectivity index (χ2n) is 6.37. The molecular weight excluding hydrogens is 334 g/mol. The first-order valence-electron chi connectivity index (χ1n) is 8.78. The van der Waals surface area contributed by atoms with Crippen molar-refractivity contribution in [1.82, 2.24) is 4.57 Å². The third-order valence-corrected chi connectivity index (χ3v) is 4.54. The van der Waals surface area contributed by atoms with Crippen molar-refractivity contribution in [2.75, 3.05) is 33.5 Å². The number of ether oxygens (including phenoxy) is 4. The van der Waals surface area contributed by atoms with Crippen molar-refractivity contribution in [3.8, 4) is 11.5 Å². The van der Waals surface area contributed by atoms with Gasteiger partial charge in [-0.25, -0.2) is 0 Å². The summed E-state index contributed by atoms with van der Waals surface area (Å²) in [5, 5.41) is 0. The minimum atomic E-state index is -0.0934. The maximum absolute atomic E-state index is 12.7. The highest BCUT2D eigenvalue weighted by Gasteiger charge is 2.17. The molecule has 0 bridgehead atoms. The van der Waals surface area contributed by atoms with E-state index in [0.29, 0.717) is 32.2 Å². The number of aryl methyl sites for hydroxylation is 1. The monoisotopic (exact) mass is 359 g/mol. The molecule has 1 aliphatic rings. The van der Waals surface area contributed by atoms with Gasteiger partial charge in [0.15, 0.2) is 0 Å². The molecule has 1 saturated heterocycles. The SMILES string of the molecule is COc1ccc([C@@H](C)n2c(C)cc(OCC3COCCO3)cc2=O)cc1. The molecule has 2 atom stereocenters. The van der Waals surface area contributed by atoms with Crippen LogP contribution in [0.25, 0.3) is 0 Å². The van der Waals surface area contributed by atoms with Gasteiger partial charge in [0.25, 0.3) is 5.56 Å². The molecule has 1 fully saturated rings. The fourth-order valence-electron chi connectivity index (χ4n) is 3.12. The van der Waals surface area contributed by atoms with Crippen LogP contribution in [0.1, 0.15) is 24.2 Å². The highest BCUT2D eigenvalue weighted by molar-refractivity contribution is 5.31. The molecule has 26 heavy (non-hydrogen) atoms. The van der Waals surface area contributed by atoms with Crippen LogP contribution in [-0.4, -0.2) is 44.2 Å². The van der Waals surface area contributed by atoms with E-state index in [1.165, 1.54) is 6.07 Å². The van der Waals surface area contributed by atoms with Crippen LogP contribution in [0.15, 0.2) is 41.2 Å². The molecule has 1 aromatic carbocycles. The van der Waals surface area contributed by atoms with Gasteiger partial charge in [0.2, 0.25) is 0 Å². The average molecular weight is 359 g/mol. The minimum absolute atomic E-state index is 0.0856. The Bertz CT molecular complexity index is 778. The Morgan fingerprint density at radius 1 is 1.19 bits per heavy atom. The maximum atomic E-state index is 12.7. The number of hydrogen-bond donors (Lipinski definition) is 0. The van der Waals surface area contributed by atoms with Crippen molar-refractivity contribution in [3.05, 3.63) is 58.0 Å². The molecule has 1 aliphatic heterocycles. The van der Waals surface area contributed by atoms with Gasteiger partial charge in [-0.05, 0) is 37.6 Å². The molecule has 0 radical (unpaired) electrons.